The fourth-order valence-electron chi connectivity index (χ4n) is 3.43. The maximum Gasteiger partial charge on any atom is 0.259 e. The molecule has 1 aromatic heterocycles. The van der Waals surface area contributed by atoms with Crippen molar-refractivity contribution in [1.29, 1.82) is 0 Å². The van der Waals surface area contributed by atoms with E-state index < -0.39 is 0 Å². The predicted molar refractivity (Wildman–Crippen MR) is 111 cm³/mol. The second-order valence-electron chi connectivity index (χ2n) is 6.56. The summed E-state index contributed by atoms with van der Waals surface area (Å²) in [5.74, 6) is 1.11. The molecule has 8 heteroatoms. The molecule has 0 aliphatic carbocycles. The zero-order valence-electron chi connectivity index (χ0n) is 16.7. The van der Waals surface area contributed by atoms with Crippen LogP contribution < -0.4 is 24.4 Å². The lowest BCUT2D eigenvalue weighted by molar-refractivity contribution is -0.115. The molecule has 3 aromatic rings. The molecule has 0 atom stereocenters. The Kier molecular flexibility index (Phi) is 5.05. The molecule has 0 saturated heterocycles. The molecule has 30 heavy (non-hydrogen) atoms. The minimum Gasteiger partial charge on any atom is -0.493 e. The van der Waals surface area contributed by atoms with Gasteiger partial charge in [0.25, 0.3) is 5.91 Å². The molecular formula is C22H20N2O6. The smallest absolute Gasteiger partial charge is 0.259 e. The van der Waals surface area contributed by atoms with E-state index in [2.05, 4.69) is 5.32 Å². The van der Waals surface area contributed by atoms with Crippen LogP contribution in [0.4, 0.5) is 11.4 Å². The van der Waals surface area contributed by atoms with Crippen molar-refractivity contribution in [3.8, 4) is 28.6 Å². The van der Waals surface area contributed by atoms with Crippen molar-refractivity contribution in [2.75, 3.05) is 38.1 Å². The summed E-state index contributed by atoms with van der Waals surface area (Å²) in [6.07, 6.45) is 1.58. The summed E-state index contributed by atoms with van der Waals surface area (Å²) in [5, 5.41) is 2.82. The van der Waals surface area contributed by atoms with Gasteiger partial charge in [0.15, 0.2) is 11.5 Å². The van der Waals surface area contributed by atoms with E-state index in [4.69, 9.17) is 18.6 Å². The lowest BCUT2D eigenvalue weighted by atomic mass is 10.1. The largest absolute Gasteiger partial charge is 0.493 e. The van der Waals surface area contributed by atoms with Gasteiger partial charge in [0.2, 0.25) is 11.7 Å². The van der Waals surface area contributed by atoms with Crippen LogP contribution in [0.15, 0.2) is 53.1 Å². The number of anilines is 2. The van der Waals surface area contributed by atoms with Crippen LogP contribution in [-0.2, 0) is 4.79 Å². The van der Waals surface area contributed by atoms with Crippen LogP contribution in [0.5, 0.6) is 17.2 Å². The van der Waals surface area contributed by atoms with E-state index >= 15 is 0 Å². The highest BCUT2D eigenvalue weighted by Gasteiger charge is 2.29. The van der Waals surface area contributed by atoms with Crippen molar-refractivity contribution in [1.82, 2.24) is 0 Å². The number of benzene rings is 2. The average Bonchev–Trinajstić information content (AvgIpc) is 3.31. The number of furan rings is 1. The number of carbonyl (C=O) groups excluding carboxylic acids is 2. The SMILES string of the molecule is COc1cc(C(=O)N2CC(=O)Nc3cc(-c4ccco4)ccc32)cc(OC)c1OC. The third-order valence-corrected chi connectivity index (χ3v) is 4.83. The third kappa shape index (κ3) is 3.32. The first kappa shape index (κ1) is 19.4. The molecule has 2 amide bonds. The van der Waals surface area contributed by atoms with E-state index in [1.165, 1.54) is 26.2 Å². The quantitative estimate of drug-likeness (QED) is 0.694. The van der Waals surface area contributed by atoms with Gasteiger partial charge in [-0.25, -0.2) is 0 Å². The first-order valence-electron chi connectivity index (χ1n) is 9.15. The molecule has 154 valence electrons. The van der Waals surface area contributed by atoms with Crippen molar-refractivity contribution in [3.05, 3.63) is 54.3 Å². The Morgan fingerprint density at radius 3 is 2.37 bits per heavy atom. The molecule has 0 saturated carbocycles. The number of ether oxygens (including phenoxy) is 3. The second kappa shape index (κ2) is 7.82. The summed E-state index contributed by atoms with van der Waals surface area (Å²) in [4.78, 5) is 27.1. The average molecular weight is 408 g/mol. The van der Waals surface area contributed by atoms with Crippen molar-refractivity contribution in [3.63, 3.8) is 0 Å². The molecule has 0 radical (unpaired) electrons. The molecule has 0 bridgehead atoms. The van der Waals surface area contributed by atoms with E-state index in [0.717, 1.165) is 5.56 Å². The standard InChI is InChI=1S/C22H20N2O6/c1-27-18-10-14(11-19(28-2)21(18)29-3)22(26)24-12-20(25)23-15-9-13(6-7-16(15)24)17-5-4-8-30-17/h4-11H,12H2,1-3H3,(H,23,25). The van der Waals surface area contributed by atoms with Crippen molar-refractivity contribution in [2.45, 2.75) is 0 Å². The van der Waals surface area contributed by atoms with Crippen molar-refractivity contribution >= 4 is 23.2 Å². The number of nitrogens with zero attached hydrogens (tertiary/aromatic N) is 1. The Labute approximate surface area is 172 Å². The molecule has 0 spiro atoms. The van der Waals surface area contributed by atoms with Gasteiger partial charge in [0, 0.05) is 11.1 Å². The Morgan fingerprint density at radius 2 is 1.77 bits per heavy atom. The highest BCUT2D eigenvalue weighted by Crippen LogP contribution is 2.40. The van der Waals surface area contributed by atoms with Gasteiger partial charge in [-0.05, 0) is 42.5 Å². The Bertz CT molecular complexity index is 1080. The van der Waals surface area contributed by atoms with Crippen LogP contribution in [0, 0.1) is 0 Å². The van der Waals surface area contributed by atoms with E-state index in [0.29, 0.717) is 39.9 Å². The Hall–Kier alpha value is -3.94. The number of fused-ring (bicyclic) bond motifs is 1. The molecule has 0 unspecified atom stereocenters. The number of carbonyl (C=O) groups is 2. The third-order valence-electron chi connectivity index (χ3n) is 4.83. The maximum atomic E-state index is 13.3. The highest BCUT2D eigenvalue weighted by atomic mass is 16.5. The number of nitrogens with one attached hydrogen (secondary N) is 1. The molecular weight excluding hydrogens is 388 g/mol. The Morgan fingerprint density at radius 1 is 1.03 bits per heavy atom. The lowest BCUT2D eigenvalue weighted by Gasteiger charge is -2.30. The van der Waals surface area contributed by atoms with Gasteiger partial charge in [-0.3, -0.25) is 14.5 Å². The van der Waals surface area contributed by atoms with Crippen molar-refractivity contribution < 1.29 is 28.2 Å². The molecule has 2 heterocycles. The van der Waals surface area contributed by atoms with Crippen LogP contribution in [0.2, 0.25) is 0 Å². The highest BCUT2D eigenvalue weighted by molar-refractivity contribution is 6.15. The summed E-state index contributed by atoms with van der Waals surface area (Å²) in [6.45, 7) is -0.109. The topological polar surface area (TPSA) is 90.2 Å². The normalized spacial score (nSPS) is 12.8. The fraction of sp³-hybridized carbons (Fsp3) is 0.182. The molecule has 8 nitrogen and oxygen atoms in total. The van der Waals surface area contributed by atoms with Crippen LogP contribution in [0.25, 0.3) is 11.3 Å². The summed E-state index contributed by atoms with van der Waals surface area (Å²) in [6, 6.07) is 12.1. The first-order valence-corrected chi connectivity index (χ1v) is 9.15. The number of methoxy groups -OCH3 is 3. The molecule has 2 aromatic carbocycles. The summed E-state index contributed by atoms with van der Waals surface area (Å²) >= 11 is 0. The monoisotopic (exact) mass is 408 g/mol. The number of hydrogen-bond acceptors (Lipinski definition) is 6. The van der Waals surface area contributed by atoms with Gasteiger partial charge in [-0.2, -0.15) is 0 Å². The van der Waals surface area contributed by atoms with E-state index in [1.54, 1.807) is 36.6 Å². The van der Waals surface area contributed by atoms with Gasteiger partial charge in [0.1, 0.15) is 12.3 Å². The minimum atomic E-state index is -0.365. The van der Waals surface area contributed by atoms with Crippen LogP contribution in [0.3, 0.4) is 0 Å². The number of rotatable bonds is 5. The molecule has 0 fully saturated rings. The molecule has 1 aliphatic rings. The van der Waals surface area contributed by atoms with E-state index in [-0.39, 0.29) is 18.4 Å². The maximum absolute atomic E-state index is 13.3. The van der Waals surface area contributed by atoms with Gasteiger partial charge in [0.05, 0.1) is 39.0 Å². The van der Waals surface area contributed by atoms with Gasteiger partial charge >= 0.3 is 0 Å². The zero-order chi connectivity index (χ0) is 21.3. The van der Waals surface area contributed by atoms with Crippen LogP contribution in [-0.4, -0.2) is 39.7 Å². The van der Waals surface area contributed by atoms with Crippen molar-refractivity contribution in [2.24, 2.45) is 0 Å². The summed E-state index contributed by atoms with van der Waals surface area (Å²) in [7, 11) is 4.44. The number of amides is 2. The second-order valence-corrected chi connectivity index (χ2v) is 6.56. The van der Waals surface area contributed by atoms with E-state index in [1.807, 2.05) is 12.1 Å². The van der Waals surface area contributed by atoms with Gasteiger partial charge in [-0.1, -0.05) is 0 Å². The first-order chi connectivity index (χ1) is 14.5. The predicted octanol–water partition coefficient (Wildman–Crippen LogP) is 3.57. The van der Waals surface area contributed by atoms with Gasteiger partial charge in [-0.15, -0.1) is 0 Å². The molecule has 4 rings (SSSR count). The Balaban J connectivity index is 1.75. The van der Waals surface area contributed by atoms with Crippen LogP contribution in [0.1, 0.15) is 10.4 Å². The fourth-order valence-corrected chi connectivity index (χ4v) is 3.43. The zero-order valence-corrected chi connectivity index (χ0v) is 16.7. The van der Waals surface area contributed by atoms with E-state index in [9.17, 15) is 9.59 Å². The summed E-state index contributed by atoms with van der Waals surface area (Å²) < 4.78 is 21.4. The summed E-state index contributed by atoms with van der Waals surface area (Å²) in [5.41, 5.74) is 2.21. The lowest BCUT2D eigenvalue weighted by Crippen LogP contribution is -2.42. The minimum absolute atomic E-state index is 0.109. The molecule has 1 N–H and O–H groups in total. The van der Waals surface area contributed by atoms with Gasteiger partial charge < -0.3 is 23.9 Å². The number of hydrogen-bond donors (Lipinski definition) is 1. The van der Waals surface area contributed by atoms with Crippen LogP contribution >= 0.6 is 0 Å². The molecule has 1 aliphatic heterocycles.